The van der Waals surface area contributed by atoms with Gasteiger partial charge in [-0.25, -0.2) is 0 Å². The minimum absolute atomic E-state index is 0.592. The zero-order chi connectivity index (χ0) is 14.4. The highest BCUT2D eigenvalue weighted by Crippen LogP contribution is 2.32. The smallest absolute Gasteiger partial charge is 0.163 e. The molecule has 4 nitrogen and oxygen atoms in total. The molecule has 1 saturated heterocycles. The van der Waals surface area contributed by atoms with Crippen LogP contribution in [0.2, 0.25) is 0 Å². The lowest BCUT2D eigenvalue weighted by Crippen LogP contribution is -2.28. The Hall–Kier alpha value is -1.42. The molecule has 0 amide bonds. The molecule has 0 bridgehead atoms. The fourth-order valence-electron chi connectivity index (χ4n) is 2.50. The van der Waals surface area contributed by atoms with Crippen LogP contribution in [0.15, 0.2) is 18.2 Å². The lowest BCUT2D eigenvalue weighted by atomic mass is 10.2. The van der Waals surface area contributed by atoms with Crippen LogP contribution in [-0.4, -0.2) is 38.9 Å². The monoisotopic (exact) mass is 278 g/mol. The largest absolute Gasteiger partial charge is 0.490 e. The van der Waals surface area contributed by atoms with E-state index in [1.807, 2.05) is 19.9 Å². The van der Waals surface area contributed by atoms with Gasteiger partial charge in [0.05, 0.1) is 13.2 Å². The van der Waals surface area contributed by atoms with Crippen LogP contribution < -0.4 is 19.7 Å². The van der Waals surface area contributed by atoms with Gasteiger partial charge in [0.15, 0.2) is 11.5 Å². The SMILES string of the molecule is CCOc1ccc(N2CCNC(C)CC2)cc1OCC. The molecule has 0 radical (unpaired) electrons. The van der Waals surface area contributed by atoms with Crippen LogP contribution in [0.25, 0.3) is 0 Å². The van der Waals surface area contributed by atoms with Gasteiger partial charge >= 0.3 is 0 Å². The van der Waals surface area contributed by atoms with Crippen LogP contribution in [0.1, 0.15) is 27.2 Å². The molecule has 0 aliphatic carbocycles. The quantitative estimate of drug-likeness (QED) is 0.898. The zero-order valence-corrected chi connectivity index (χ0v) is 12.8. The highest BCUT2D eigenvalue weighted by Gasteiger charge is 2.15. The second-order valence-electron chi connectivity index (χ2n) is 5.13. The van der Waals surface area contributed by atoms with Crippen molar-refractivity contribution in [1.29, 1.82) is 0 Å². The molecule has 20 heavy (non-hydrogen) atoms. The van der Waals surface area contributed by atoms with E-state index in [0.717, 1.165) is 37.6 Å². The molecule has 0 aromatic heterocycles. The van der Waals surface area contributed by atoms with Crippen molar-refractivity contribution in [2.45, 2.75) is 33.2 Å². The van der Waals surface area contributed by atoms with Crippen LogP contribution >= 0.6 is 0 Å². The fraction of sp³-hybridized carbons (Fsp3) is 0.625. The van der Waals surface area contributed by atoms with Crippen molar-refractivity contribution in [1.82, 2.24) is 5.32 Å². The maximum Gasteiger partial charge on any atom is 0.163 e. The van der Waals surface area contributed by atoms with Gasteiger partial charge in [-0.05, 0) is 39.3 Å². The summed E-state index contributed by atoms with van der Waals surface area (Å²) >= 11 is 0. The average Bonchev–Trinajstić information content (AvgIpc) is 2.66. The molecule has 1 heterocycles. The molecule has 1 aliphatic heterocycles. The molecule has 1 atom stereocenters. The Morgan fingerprint density at radius 2 is 1.90 bits per heavy atom. The molecular formula is C16H26N2O2. The summed E-state index contributed by atoms with van der Waals surface area (Å²) in [5, 5.41) is 3.52. The minimum Gasteiger partial charge on any atom is -0.490 e. The molecule has 112 valence electrons. The number of ether oxygens (including phenoxy) is 2. The lowest BCUT2D eigenvalue weighted by molar-refractivity contribution is 0.288. The summed E-state index contributed by atoms with van der Waals surface area (Å²) in [6, 6.07) is 6.84. The summed E-state index contributed by atoms with van der Waals surface area (Å²) in [6.45, 7) is 10.7. The summed E-state index contributed by atoms with van der Waals surface area (Å²) in [5.41, 5.74) is 1.22. The van der Waals surface area contributed by atoms with Crippen LogP contribution in [0.3, 0.4) is 0 Å². The van der Waals surface area contributed by atoms with Crippen molar-refractivity contribution in [3.8, 4) is 11.5 Å². The summed E-state index contributed by atoms with van der Waals surface area (Å²) < 4.78 is 11.3. The molecule has 2 rings (SSSR count). The molecule has 1 unspecified atom stereocenters. The maximum absolute atomic E-state index is 5.71. The first-order valence-electron chi connectivity index (χ1n) is 7.62. The predicted molar refractivity (Wildman–Crippen MR) is 83.1 cm³/mol. The van der Waals surface area contributed by atoms with Gasteiger partial charge in [-0.2, -0.15) is 0 Å². The van der Waals surface area contributed by atoms with Gasteiger partial charge in [-0.1, -0.05) is 0 Å². The molecule has 1 aliphatic rings. The van der Waals surface area contributed by atoms with E-state index in [1.165, 1.54) is 5.69 Å². The Labute approximate surface area is 122 Å². The third-order valence-electron chi connectivity index (χ3n) is 3.60. The number of nitrogens with one attached hydrogen (secondary N) is 1. The van der Waals surface area contributed by atoms with E-state index in [1.54, 1.807) is 0 Å². The molecular weight excluding hydrogens is 252 g/mol. The Morgan fingerprint density at radius 3 is 2.65 bits per heavy atom. The Bertz CT molecular complexity index is 423. The third kappa shape index (κ3) is 3.79. The van der Waals surface area contributed by atoms with E-state index in [0.29, 0.717) is 19.3 Å². The van der Waals surface area contributed by atoms with Crippen molar-refractivity contribution in [3.05, 3.63) is 18.2 Å². The van der Waals surface area contributed by atoms with E-state index in [4.69, 9.17) is 9.47 Å². The molecule has 1 aromatic rings. The van der Waals surface area contributed by atoms with Crippen molar-refractivity contribution < 1.29 is 9.47 Å². The molecule has 0 spiro atoms. The topological polar surface area (TPSA) is 33.7 Å². The van der Waals surface area contributed by atoms with Gasteiger partial charge in [0, 0.05) is 37.4 Å². The predicted octanol–water partition coefficient (Wildman–Crippen LogP) is 2.67. The molecule has 1 aromatic carbocycles. The zero-order valence-electron chi connectivity index (χ0n) is 12.8. The first-order chi connectivity index (χ1) is 9.74. The normalized spacial score (nSPS) is 19.6. The number of rotatable bonds is 5. The van der Waals surface area contributed by atoms with Gasteiger partial charge < -0.3 is 19.7 Å². The summed E-state index contributed by atoms with van der Waals surface area (Å²) in [5.74, 6) is 1.68. The lowest BCUT2D eigenvalue weighted by Gasteiger charge is -2.23. The molecule has 4 heteroatoms. The highest BCUT2D eigenvalue weighted by molar-refractivity contribution is 5.56. The van der Waals surface area contributed by atoms with E-state index in [-0.39, 0.29) is 0 Å². The Kier molecular flexibility index (Phi) is 5.53. The van der Waals surface area contributed by atoms with Crippen molar-refractivity contribution in [2.24, 2.45) is 0 Å². The number of hydrogen-bond donors (Lipinski definition) is 1. The van der Waals surface area contributed by atoms with Crippen molar-refractivity contribution in [3.63, 3.8) is 0 Å². The van der Waals surface area contributed by atoms with Crippen LogP contribution in [0, 0.1) is 0 Å². The fourth-order valence-corrected chi connectivity index (χ4v) is 2.50. The second-order valence-corrected chi connectivity index (χ2v) is 5.13. The van der Waals surface area contributed by atoms with E-state index in [2.05, 4.69) is 29.3 Å². The van der Waals surface area contributed by atoms with Gasteiger partial charge in [0.2, 0.25) is 0 Å². The van der Waals surface area contributed by atoms with Gasteiger partial charge in [-0.3, -0.25) is 0 Å². The van der Waals surface area contributed by atoms with Crippen LogP contribution in [0.5, 0.6) is 11.5 Å². The third-order valence-corrected chi connectivity index (χ3v) is 3.60. The van der Waals surface area contributed by atoms with Gasteiger partial charge in [0.25, 0.3) is 0 Å². The van der Waals surface area contributed by atoms with Crippen molar-refractivity contribution in [2.75, 3.05) is 37.7 Å². The van der Waals surface area contributed by atoms with E-state index in [9.17, 15) is 0 Å². The number of anilines is 1. The highest BCUT2D eigenvalue weighted by atomic mass is 16.5. The van der Waals surface area contributed by atoms with E-state index < -0.39 is 0 Å². The summed E-state index contributed by atoms with van der Waals surface area (Å²) in [6.07, 6.45) is 1.16. The Morgan fingerprint density at radius 1 is 1.15 bits per heavy atom. The van der Waals surface area contributed by atoms with Gasteiger partial charge in [-0.15, -0.1) is 0 Å². The van der Waals surface area contributed by atoms with Crippen LogP contribution in [0.4, 0.5) is 5.69 Å². The molecule has 1 N–H and O–H groups in total. The maximum atomic E-state index is 5.71. The Balaban J connectivity index is 2.16. The van der Waals surface area contributed by atoms with Crippen LogP contribution in [-0.2, 0) is 0 Å². The molecule has 0 saturated carbocycles. The number of hydrogen-bond acceptors (Lipinski definition) is 4. The summed E-state index contributed by atoms with van der Waals surface area (Å²) in [7, 11) is 0. The second kappa shape index (κ2) is 7.39. The molecule has 1 fully saturated rings. The van der Waals surface area contributed by atoms with Crippen molar-refractivity contribution >= 4 is 5.69 Å². The first-order valence-corrected chi connectivity index (χ1v) is 7.62. The van der Waals surface area contributed by atoms with Gasteiger partial charge in [0.1, 0.15) is 0 Å². The van der Waals surface area contributed by atoms with E-state index >= 15 is 0 Å². The number of benzene rings is 1. The first kappa shape index (κ1) is 15.0. The minimum atomic E-state index is 0.592. The summed E-state index contributed by atoms with van der Waals surface area (Å²) in [4.78, 5) is 2.41. The number of nitrogens with zero attached hydrogens (tertiary/aromatic N) is 1. The average molecular weight is 278 g/mol. The standard InChI is InChI=1S/C16H26N2O2/c1-4-19-15-7-6-14(12-16(15)20-5-2)18-10-8-13(3)17-9-11-18/h6-7,12-13,17H,4-5,8-11H2,1-3H3.